The maximum Gasteiger partial charge on any atom is 0.338 e. The molecule has 1 unspecified atom stereocenters. The number of ether oxygens (including phenoxy) is 1. The molecule has 108 valence electrons. The first-order valence-electron chi connectivity index (χ1n) is 7.32. The number of benzene rings is 2. The first kappa shape index (κ1) is 13.7. The summed E-state index contributed by atoms with van der Waals surface area (Å²) in [4.78, 5) is 14.2. The SMILES string of the molecule is CC1Cc2ccccc2N1CCOC(=O)c1ccccc1. The van der Waals surface area contributed by atoms with Crippen molar-refractivity contribution in [2.24, 2.45) is 0 Å². The van der Waals surface area contributed by atoms with Gasteiger partial charge in [-0.3, -0.25) is 0 Å². The van der Waals surface area contributed by atoms with E-state index < -0.39 is 0 Å². The molecule has 0 amide bonds. The van der Waals surface area contributed by atoms with Gasteiger partial charge in [0.05, 0.1) is 12.1 Å². The van der Waals surface area contributed by atoms with E-state index in [1.54, 1.807) is 12.1 Å². The van der Waals surface area contributed by atoms with E-state index in [0.29, 0.717) is 18.2 Å². The molecule has 0 spiro atoms. The summed E-state index contributed by atoms with van der Waals surface area (Å²) in [5.41, 5.74) is 3.24. The van der Waals surface area contributed by atoms with E-state index in [4.69, 9.17) is 4.74 Å². The number of esters is 1. The highest BCUT2D eigenvalue weighted by molar-refractivity contribution is 5.89. The molecule has 0 bridgehead atoms. The van der Waals surface area contributed by atoms with Crippen LogP contribution in [0.25, 0.3) is 0 Å². The molecule has 2 aromatic rings. The van der Waals surface area contributed by atoms with Crippen molar-refractivity contribution < 1.29 is 9.53 Å². The fourth-order valence-corrected chi connectivity index (χ4v) is 2.86. The summed E-state index contributed by atoms with van der Waals surface area (Å²) in [6.07, 6.45) is 1.06. The van der Waals surface area contributed by atoms with Crippen molar-refractivity contribution in [1.82, 2.24) is 0 Å². The first-order valence-corrected chi connectivity index (χ1v) is 7.32. The van der Waals surface area contributed by atoms with Crippen LogP contribution in [0, 0.1) is 0 Å². The Morgan fingerprint density at radius 1 is 1.14 bits per heavy atom. The number of carbonyl (C=O) groups is 1. The fourth-order valence-electron chi connectivity index (χ4n) is 2.86. The van der Waals surface area contributed by atoms with Gasteiger partial charge in [0.25, 0.3) is 0 Å². The molecule has 2 aromatic carbocycles. The van der Waals surface area contributed by atoms with Gasteiger partial charge in [-0.1, -0.05) is 36.4 Å². The lowest BCUT2D eigenvalue weighted by Crippen LogP contribution is -2.33. The lowest BCUT2D eigenvalue weighted by Gasteiger charge is -2.24. The van der Waals surface area contributed by atoms with Gasteiger partial charge in [0.1, 0.15) is 6.61 Å². The molecular weight excluding hydrogens is 262 g/mol. The number of carbonyl (C=O) groups excluding carboxylic acids is 1. The second kappa shape index (κ2) is 6.00. The Bertz CT molecular complexity index is 624. The number of hydrogen-bond acceptors (Lipinski definition) is 3. The van der Waals surface area contributed by atoms with Gasteiger partial charge in [-0.05, 0) is 37.1 Å². The normalized spacial score (nSPS) is 16.6. The van der Waals surface area contributed by atoms with E-state index >= 15 is 0 Å². The van der Waals surface area contributed by atoms with E-state index in [9.17, 15) is 4.79 Å². The molecule has 0 fully saturated rings. The van der Waals surface area contributed by atoms with E-state index in [-0.39, 0.29) is 5.97 Å². The zero-order chi connectivity index (χ0) is 14.7. The average molecular weight is 281 g/mol. The van der Waals surface area contributed by atoms with E-state index in [1.165, 1.54) is 11.3 Å². The predicted octanol–water partition coefficient (Wildman–Crippen LogP) is 3.29. The van der Waals surface area contributed by atoms with Crippen molar-refractivity contribution in [3.05, 3.63) is 65.7 Å². The lowest BCUT2D eigenvalue weighted by atomic mass is 10.1. The number of para-hydroxylation sites is 1. The Labute approximate surface area is 125 Å². The number of fused-ring (bicyclic) bond motifs is 1. The summed E-state index contributed by atoms with van der Waals surface area (Å²) < 4.78 is 5.37. The number of nitrogens with zero attached hydrogens (tertiary/aromatic N) is 1. The van der Waals surface area contributed by atoms with Crippen LogP contribution in [-0.2, 0) is 11.2 Å². The molecule has 1 aliphatic rings. The zero-order valence-corrected chi connectivity index (χ0v) is 12.2. The largest absolute Gasteiger partial charge is 0.460 e. The quantitative estimate of drug-likeness (QED) is 0.805. The van der Waals surface area contributed by atoms with Crippen molar-refractivity contribution in [3.8, 4) is 0 Å². The second-order valence-electron chi connectivity index (χ2n) is 5.38. The van der Waals surface area contributed by atoms with Crippen molar-refractivity contribution in [1.29, 1.82) is 0 Å². The molecule has 1 heterocycles. The van der Waals surface area contributed by atoms with Crippen LogP contribution in [0.5, 0.6) is 0 Å². The smallest absolute Gasteiger partial charge is 0.338 e. The number of rotatable bonds is 4. The summed E-state index contributed by atoms with van der Waals surface area (Å²) in [5, 5.41) is 0. The highest BCUT2D eigenvalue weighted by Crippen LogP contribution is 2.31. The molecule has 0 saturated heterocycles. The maximum atomic E-state index is 11.9. The minimum Gasteiger partial charge on any atom is -0.460 e. The molecule has 1 aliphatic heterocycles. The number of anilines is 1. The first-order chi connectivity index (χ1) is 10.3. The monoisotopic (exact) mass is 281 g/mol. The third kappa shape index (κ3) is 2.92. The van der Waals surface area contributed by atoms with Gasteiger partial charge in [0, 0.05) is 11.7 Å². The molecule has 0 radical (unpaired) electrons. The lowest BCUT2D eigenvalue weighted by molar-refractivity contribution is 0.0514. The van der Waals surface area contributed by atoms with Gasteiger partial charge in [0.15, 0.2) is 0 Å². The Balaban J connectivity index is 1.58. The van der Waals surface area contributed by atoms with E-state index in [1.807, 2.05) is 18.2 Å². The third-order valence-electron chi connectivity index (χ3n) is 3.92. The van der Waals surface area contributed by atoms with Crippen molar-refractivity contribution in [3.63, 3.8) is 0 Å². The standard InChI is InChI=1S/C18H19NO2/c1-14-13-16-9-5-6-10-17(16)19(14)11-12-21-18(20)15-7-3-2-4-8-15/h2-10,14H,11-13H2,1H3. The van der Waals surface area contributed by atoms with E-state index in [2.05, 4.69) is 36.1 Å². The average Bonchev–Trinajstić information content (AvgIpc) is 2.84. The van der Waals surface area contributed by atoms with Crippen LogP contribution in [0.2, 0.25) is 0 Å². The topological polar surface area (TPSA) is 29.5 Å². The van der Waals surface area contributed by atoms with Gasteiger partial charge in [0.2, 0.25) is 0 Å². The third-order valence-corrected chi connectivity index (χ3v) is 3.92. The molecule has 3 nitrogen and oxygen atoms in total. The number of hydrogen-bond donors (Lipinski definition) is 0. The van der Waals surface area contributed by atoms with Crippen LogP contribution >= 0.6 is 0 Å². The molecule has 3 heteroatoms. The molecule has 1 atom stereocenters. The maximum absolute atomic E-state index is 11.9. The Morgan fingerprint density at radius 2 is 1.86 bits per heavy atom. The highest BCUT2D eigenvalue weighted by atomic mass is 16.5. The van der Waals surface area contributed by atoms with Gasteiger partial charge < -0.3 is 9.64 Å². The second-order valence-corrected chi connectivity index (χ2v) is 5.38. The Morgan fingerprint density at radius 3 is 2.67 bits per heavy atom. The fraction of sp³-hybridized carbons (Fsp3) is 0.278. The van der Waals surface area contributed by atoms with Gasteiger partial charge in [-0.25, -0.2) is 4.79 Å². The van der Waals surface area contributed by atoms with Crippen molar-refractivity contribution in [2.75, 3.05) is 18.1 Å². The molecule has 0 aliphatic carbocycles. The minimum absolute atomic E-state index is 0.254. The molecule has 0 N–H and O–H groups in total. The molecule has 0 aromatic heterocycles. The van der Waals surface area contributed by atoms with Crippen molar-refractivity contribution in [2.45, 2.75) is 19.4 Å². The Kier molecular flexibility index (Phi) is 3.91. The van der Waals surface area contributed by atoms with Crippen LogP contribution < -0.4 is 4.90 Å². The van der Waals surface area contributed by atoms with Gasteiger partial charge in [-0.2, -0.15) is 0 Å². The summed E-state index contributed by atoms with van der Waals surface area (Å²) in [5.74, 6) is -0.254. The van der Waals surface area contributed by atoms with Crippen LogP contribution in [0.3, 0.4) is 0 Å². The van der Waals surface area contributed by atoms with Gasteiger partial charge in [-0.15, -0.1) is 0 Å². The summed E-state index contributed by atoms with van der Waals surface area (Å²) in [6, 6.07) is 18.0. The molecular formula is C18H19NO2. The molecule has 0 saturated carbocycles. The molecule has 3 rings (SSSR count). The predicted molar refractivity (Wildman–Crippen MR) is 83.7 cm³/mol. The summed E-state index contributed by atoms with van der Waals surface area (Å²) in [7, 11) is 0. The Hall–Kier alpha value is -2.29. The van der Waals surface area contributed by atoms with Crippen LogP contribution in [0.1, 0.15) is 22.8 Å². The molecule has 21 heavy (non-hydrogen) atoms. The zero-order valence-electron chi connectivity index (χ0n) is 12.2. The summed E-state index contributed by atoms with van der Waals surface area (Å²) in [6.45, 7) is 3.35. The summed E-state index contributed by atoms with van der Waals surface area (Å²) >= 11 is 0. The van der Waals surface area contributed by atoms with Crippen LogP contribution in [-0.4, -0.2) is 25.2 Å². The van der Waals surface area contributed by atoms with Crippen LogP contribution in [0.4, 0.5) is 5.69 Å². The minimum atomic E-state index is -0.254. The van der Waals surface area contributed by atoms with E-state index in [0.717, 1.165) is 13.0 Å². The van der Waals surface area contributed by atoms with Gasteiger partial charge >= 0.3 is 5.97 Å². The highest BCUT2D eigenvalue weighted by Gasteiger charge is 2.25. The van der Waals surface area contributed by atoms with Crippen molar-refractivity contribution >= 4 is 11.7 Å². The van der Waals surface area contributed by atoms with Crippen LogP contribution in [0.15, 0.2) is 54.6 Å².